The monoisotopic (exact) mass is 380 g/mol. The second kappa shape index (κ2) is 7.40. The minimum absolute atomic E-state index is 0.543. The third-order valence-electron chi connectivity index (χ3n) is 4.49. The van der Waals surface area contributed by atoms with Crippen LogP contribution in [0.1, 0.15) is 0 Å². The molecule has 5 rings (SSSR count). The smallest absolute Gasteiger partial charge is 0.616 e. The van der Waals surface area contributed by atoms with E-state index in [0.717, 1.165) is 27.8 Å². The third-order valence-corrected chi connectivity index (χ3v) is 5.21. The van der Waals surface area contributed by atoms with Gasteiger partial charge in [-0.2, -0.15) is 0 Å². The molecular formula is C23H15AlNO3. The van der Waals surface area contributed by atoms with Crippen molar-refractivity contribution in [3.8, 4) is 23.0 Å². The van der Waals surface area contributed by atoms with Crippen LogP contribution in [0.5, 0.6) is 11.5 Å². The molecule has 0 N–H and O–H groups in total. The number of aromatic nitrogens is 1. The topological polar surface area (TPSA) is 44.5 Å². The number of nitrogens with zero attached hydrogens (tertiary/aromatic N) is 1. The Morgan fingerprint density at radius 1 is 0.714 bits per heavy atom. The Balaban J connectivity index is 1.35. The van der Waals surface area contributed by atoms with E-state index in [0.29, 0.717) is 11.6 Å². The van der Waals surface area contributed by atoms with Gasteiger partial charge in [0.2, 0.25) is 5.89 Å². The summed E-state index contributed by atoms with van der Waals surface area (Å²) in [5.74, 6) is 2.04. The Morgan fingerprint density at radius 3 is 2.43 bits per heavy atom. The predicted octanol–water partition coefficient (Wildman–Crippen LogP) is 5.64. The molecule has 0 saturated heterocycles. The molecule has 0 unspecified atom stereocenters. The lowest BCUT2D eigenvalue weighted by Crippen LogP contribution is -2.11. The van der Waals surface area contributed by atoms with Gasteiger partial charge in [0.05, 0.1) is 17.1 Å². The average molecular weight is 380 g/mol. The molecule has 5 heteroatoms. The summed E-state index contributed by atoms with van der Waals surface area (Å²) in [6, 6.07) is 29.7. The first-order valence-electron chi connectivity index (χ1n) is 8.96. The molecule has 0 bridgehead atoms. The molecule has 0 fully saturated rings. The van der Waals surface area contributed by atoms with Crippen LogP contribution in [0, 0.1) is 0 Å². The molecule has 0 aliphatic heterocycles. The van der Waals surface area contributed by atoms with E-state index in [9.17, 15) is 0 Å². The zero-order valence-electron chi connectivity index (χ0n) is 14.9. The van der Waals surface area contributed by atoms with Crippen molar-refractivity contribution in [2.45, 2.75) is 0 Å². The van der Waals surface area contributed by atoms with Crippen LogP contribution < -0.4 is 7.58 Å². The lowest BCUT2D eigenvalue weighted by molar-refractivity contribution is 0.459. The molecule has 1 heterocycles. The molecule has 0 saturated carbocycles. The normalized spacial score (nSPS) is 10.9. The highest BCUT2D eigenvalue weighted by Crippen LogP contribution is 2.31. The van der Waals surface area contributed by atoms with Crippen LogP contribution in [0.15, 0.2) is 95.4 Å². The highest BCUT2D eigenvalue weighted by atomic mass is 27.2. The summed E-state index contributed by atoms with van der Waals surface area (Å²) in [6.07, 6.45) is 0. The molecule has 1 radical (unpaired) electrons. The lowest BCUT2D eigenvalue weighted by Gasteiger charge is -2.11. The quantitative estimate of drug-likeness (QED) is 0.370. The van der Waals surface area contributed by atoms with Crippen LogP contribution in [-0.4, -0.2) is 20.9 Å². The molecule has 0 aliphatic carbocycles. The second-order valence-electron chi connectivity index (χ2n) is 6.32. The Bertz CT molecular complexity index is 1230. The molecule has 4 aromatic carbocycles. The molecule has 0 spiro atoms. The highest BCUT2D eigenvalue weighted by Gasteiger charge is 2.15. The van der Waals surface area contributed by atoms with Gasteiger partial charge < -0.3 is 12.0 Å². The summed E-state index contributed by atoms with van der Waals surface area (Å²) >= 11 is -0.729. The average Bonchev–Trinajstić information content (AvgIpc) is 3.18. The molecule has 4 nitrogen and oxygen atoms in total. The van der Waals surface area contributed by atoms with E-state index in [1.54, 1.807) is 0 Å². The zero-order valence-corrected chi connectivity index (χ0v) is 16.1. The zero-order chi connectivity index (χ0) is 18.8. The molecule has 133 valence electrons. The van der Waals surface area contributed by atoms with Crippen molar-refractivity contribution in [3.05, 3.63) is 91.0 Å². The van der Waals surface area contributed by atoms with Gasteiger partial charge in [0.15, 0.2) is 5.58 Å². The fourth-order valence-electron chi connectivity index (χ4n) is 3.11. The Labute approximate surface area is 168 Å². The minimum atomic E-state index is -0.729. The molecule has 5 aromatic rings. The van der Waals surface area contributed by atoms with Gasteiger partial charge in [-0.3, -0.25) is 0 Å². The van der Waals surface area contributed by atoms with E-state index in [2.05, 4.69) is 23.2 Å². The fourth-order valence-corrected chi connectivity index (χ4v) is 3.72. The number of para-hydroxylation sites is 3. The van der Waals surface area contributed by atoms with E-state index in [1.165, 1.54) is 5.39 Å². The van der Waals surface area contributed by atoms with Crippen LogP contribution in [0.3, 0.4) is 0 Å². The lowest BCUT2D eigenvalue weighted by atomic mass is 10.1. The highest BCUT2D eigenvalue weighted by molar-refractivity contribution is 6.21. The van der Waals surface area contributed by atoms with E-state index in [-0.39, 0.29) is 0 Å². The van der Waals surface area contributed by atoms with Crippen LogP contribution in [0.2, 0.25) is 0 Å². The first kappa shape index (κ1) is 16.9. The first-order valence-corrected chi connectivity index (χ1v) is 9.90. The summed E-state index contributed by atoms with van der Waals surface area (Å²) in [4.78, 5) is 4.57. The Hall–Kier alpha value is -3.26. The molecule has 1 aromatic heterocycles. The maximum atomic E-state index is 5.96. The summed E-state index contributed by atoms with van der Waals surface area (Å²) < 4.78 is 17.7. The van der Waals surface area contributed by atoms with Gasteiger partial charge >= 0.3 is 15.9 Å². The maximum Gasteiger partial charge on any atom is 0.881 e. The van der Waals surface area contributed by atoms with Crippen molar-refractivity contribution in [2.24, 2.45) is 0 Å². The minimum Gasteiger partial charge on any atom is -0.616 e. The van der Waals surface area contributed by atoms with Crippen LogP contribution in [0.25, 0.3) is 33.3 Å². The van der Waals surface area contributed by atoms with E-state index >= 15 is 0 Å². The number of rotatable bonds is 5. The summed E-state index contributed by atoms with van der Waals surface area (Å²) in [6.45, 7) is 0. The van der Waals surface area contributed by atoms with Crippen molar-refractivity contribution < 1.29 is 12.0 Å². The van der Waals surface area contributed by atoms with Crippen LogP contribution in [0.4, 0.5) is 0 Å². The van der Waals surface area contributed by atoms with Crippen molar-refractivity contribution in [1.29, 1.82) is 0 Å². The molecular weight excluding hydrogens is 365 g/mol. The summed E-state index contributed by atoms with van der Waals surface area (Å²) in [5.41, 5.74) is 2.40. The van der Waals surface area contributed by atoms with Gasteiger partial charge in [-0.1, -0.05) is 54.6 Å². The van der Waals surface area contributed by atoms with E-state index in [1.807, 2.05) is 72.8 Å². The van der Waals surface area contributed by atoms with Crippen LogP contribution >= 0.6 is 0 Å². The molecule has 0 aliphatic rings. The van der Waals surface area contributed by atoms with Crippen molar-refractivity contribution in [2.75, 3.05) is 0 Å². The third kappa shape index (κ3) is 3.34. The van der Waals surface area contributed by atoms with Gasteiger partial charge in [-0.05, 0) is 47.2 Å². The van der Waals surface area contributed by atoms with Crippen molar-refractivity contribution in [1.82, 2.24) is 4.98 Å². The Kier molecular flexibility index (Phi) is 4.46. The number of oxazole rings is 1. The number of fused-ring (bicyclic) bond motifs is 2. The van der Waals surface area contributed by atoms with Gasteiger partial charge in [0.1, 0.15) is 5.52 Å². The number of hydrogen-bond acceptors (Lipinski definition) is 4. The maximum absolute atomic E-state index is 5.96. The number of benzene rings is 4. The van der Waals surface area contributed by atoms with Gasteiger partial charge in [-0.15, -0.1) is 0 Å². The van der Waals surface area contributed by atoms with Crippen molar-refractivity contribution in [3.63, 3.8) is 0 Å². The van der Waals surface area contributed by atoms with Gasteiger partial charge in [0.25, 0.3) is 0 Å². The SMILES string of the molecule is c1ccc(-c2nc3ccccc3o2)c([O][Al][O]c2ccc3ccccc3c2)c1. The summed E-state index contributed by atoms with van der Waals surface area (Å²) in [7, 11) is 0. The van der Waals surface area contributed by atoms with E-state index in [4.69, 9.17) is 12.0 Å². The Morgan fingerprint density at radius 2 is 1.50 bits per heavy atom. The fraction of sp³-hybridized carbons (Fsp3) is 0. The molecule has 0 atom stereocenters. The first-order chi connectivity index (χ1) is 13.9. The van der Waals surface area contributed by atoms with Gasteiger partial charge in [0, 0.05) is 0 Å². The van der Waals surface area contributed by atoms with Crippen LogP contribution in [-0.2, 0) is 0 Å². The number of hydrogen-bond donors (Lipinski definition) is 0. The molecule has 0 amide bonds. The van der Waals surface area contributed by atoms with Crippen molar-refractivity contribution >= 4 is 37.8 Å². The largest absolute Gasteiger partial charge is 0.881 e. The standard InChI is InChI=1S/C13H9NO2.C10H8O.Al/c15-11-7-3-1-5-9(11)13-14-10-6-2-4-8-12(10)16-13;11-10-6-5-8-3-1-2-4-9(8)7-10;/h1-8,15H;1-7,11H;/q;;+2/p-2. The predicted molar refractivity (Wildman–Crippen MR) is 110 cm³/mol. The van der Waals surface area contributed by atoms with Gasteiger partial charge in [-0.25, -0.2) is 4.98 Å². The van der Waals surface area contributed by atoms with E-state index < -0.39 is 15.9 Å². The molecule has 28 heavy (non-hydrogen) atoms. The second-order valence-corrected chi connectivity index (χ2v) is 6.99. The summed E-state index contributed by atoms with van der Waals surface area (Å²) in [5, 5.41) is 2.33.